The van der Waals surface area contributed by atoms with E-state index in [1.807, 2.05) is 69.9 Å². The van der Waals surface area contributed by atoms with E-state index in [1.165, 1.54) is 0 Å². The van der Waals surface area contributed by atoms with Crippen LogP contribution in [-0.2, 0) is 41.0 Å². The summed E-state index contributed by atoms with van der Waals surface area (Å²) < 4.78 is 17.2. The van der Waals surface area contributed by atoms with Crippen molar-refractivity contribution in [1.29, 1.82) is 0 Å². The molecule has 1 amide bonds. The molecule has 1 N–H and O–H groups in total. The van der Waals surface area contributed by atoms with Crippen LogP contribution in [0, 0.1) is 18.8 Å². The molecule has 0 bridgehead atoms. The predicted octanol–water partition coefficient (Wildman–Crippen LogP) is 4.61. The molecule has 1 unspecified atom stereocenters. The number of hydrogen-bond donors (Lipinski definition) is 1. The van der Waals surface area contributed by atoms with Crippen LogP contribution in [0.25, 0.3) is 10.9 Å². The van der Waals surface area contributed by atoms with Crippen molar-refractivity contribution in [2.75, 3.05) is 0 Å². The zero-order valence-electron chi connectivity index (χ0n) is 24.2. The summed E-state index contributed by atoms with van der Waals surface area (Å²) >= 11 is 0. The quantitative estimate of drug-likeness (QED) is 0.358. The average molecular weight is 550 g/mol. The summed E-state index contributed by atoms with van der Waals surface area (Å²) in [4.78, 5) is 39.0. The molecular weight excluding hydrogens is 508 g/mol. The Bertz CT molecular complexity index is 1430. The molecule has 5 rings (SSSR count). The van der Waals surface area contributed by atoms with Gasteiger partial charge in [-0.1, -0.05) is 31.0 Å². The summed E-state index contributed by atoms with van der Waals surface area (Å²) in [5.74, 6) is 0.286. The molecule has 3 aromatic rings. The lowest BCUT2D eigenvalue weighted by molar-refractivity contribution is -0.732. The number of nitrogens with zero attached hydrogens (tertiary/aromatic N) is 3. The highest BCUT2D eigenvalue weighted by Crippen LogP contribution is 2.34. The highest BCUT2D eigenvalue weighted by molar-refractivity contribution is 6.11. The van der Waals surface area contributed by atoms with Gasteiger partial charge >= 0.3 is 12.1 Å². The van der Waals surface area contributed by atoms with Crippen molar-refractivity contribution in [3.63, 3.8) is 0 Å². The summed E-state index contributed by atoms with van der Waals surface area (Å²) in [6.45, 7) is 8.08. The van der Waals surface area contributed by atoms with E-state index in [2.05, 4.69) is 20.5 Å². The largest absolute Gasteiger partial charge is 0.444 e. The van der Waals surface area contributed by atoms with Crippen LogP contribution in [0.4, 0.5) is 4.79 Å². The van der Waals surface area contributed by atoms with Crippen molar-refractivity contribution >= 4 is 28.7 Å². The lowest BCUT2D eigenvalue weighted by Crippen LogP contribution is -2.48. The van der Waals surface area contributed by atoms with Gasteiger partial charge in [0.1, 0.15) is 24.5 Å². The van der Waals surface area contributed by atoms with Gasteiger partial charge in [0.25, 0.3) is 5.82 Å². The van der Waals surface area contributed by atoms with Crippen molar-refractivity contribution in [2.24, 2.45) is 18.9 Å². The molecule has 1 aromatic carbocycles. The number of ether oxygens (including phenoxy) is 2. The van der Waals surface area contributed by atoms with Gasteiger partial charge in [-0.15, -0.1) is 0 Å². The fraction of sp³-hybridized carbons (Fsp3) is 0.548. The maximum atomic E-state index is 13.6. The summed E-state index contributed by atoms with van der Waals surface area (Å²) in [5, 5.41) is 3.91. The Balaban J connectivity index is 1.21. The van der Waals surface area contributed by atoms with E-state index in [0.717, 1.165) is 60.1 Å². The third-order valence-electron chi connectivity index (χ3n) is 8.37. The number of esters is 1. The minimum Gasteiger partial charge on any atom is -0.444 e. The normalized spacial score (nSPS) is 21.2. The summed E-state index contributed by atoms with van der Waals surface area (Å²) in [6, 6.07) is 7.80. The third kappa shape index (κ3) is 5.64. The van der Waals surface area contributed by atoms with Crippen LogP contribution in [0.1, 0.15) is 74.8 Å². The number of carbonyl (C=O) groups is 3. The number of fused-ring (bicyclic) bond motifs is 3. The molecule has 214 valence electrons. The van der Waals surface area contributed by atoms with Crippen LogP contribution >= 0.6 is 0 Å². The first-order chi connectivity index (χ1) is 19.0. The summed E-state index contributed by atoms with van der Waals surface area (Å²) in [6.07, 6.45) is 8.25. The van der Waals surface area contributed by atoms with Crippen LogP contribution < -0.4 is 9.88 Å². The van der Waals surface area contributed by atoms with Crippen molar-refractivity contribution in [3.8, 4) is 0 Å². The van der Waals surface area contributed by atoms with Gasteiger partial charge in [0.15, 0.2) is 5.78 Å². The zero-order valence-corrected chi connectivity index (χ0v) is 24.2. The number of Topliss-reactive ketones (excluding diaryl/α,β-unsaturated/α-hetero) is 1. The summed E-state index contributed by atoms with van der Waals surface area (Å²) in [5.41, 5.74) is 2.48. The van der Waals surface area contributed by atoms with E-state index < -0.39 is 17.6 Å². The van der Waals surface area contributed by atoms with Crippen LogP contribution in [0.2, 0.25) is 0 Å². The fourth-order valence-corrected chi connectivity index (χ4v) is 6.23. The van der Waals surface area contributed by atoms with Crippen LogP contribution in [0.5, 0.6) is 0 Å². The molecule has 40 heavy (non-hydrogen) atoms. The Kier molecular flexibility index (Phi) is 7.75. The highest BCUT2D eigenvalue weighted by atomic mass is 16.6. The molecular formula is C31H41N4O5+. The van der Waals surface area contributed by atoms with Gasteiger partial charge < -0.3 is 19.4 Å². The maximum absolute atomic E-state index is 13.6. The fourth-order valence-electron chi connectivity index (χ4n) is 6.23. The molecule has 2 heterocycles. The molecule has 2 aliphatic rings. The molecule has 0 aliphatic heterocycles. The van der Waals surface area contributed by atoms with Gasteiger partial charge in [0.2, 0.25) is 6.73 Å². The van der Waals surface area contributed by atoms with Crippen LogP contribution in [0.3, 0.4) is 0 Å². The number of hydrogen-bond acceptors (Lipinski definition) is 5. The Hall–Kier alpha value is -3.62. The highest BCUT2D eigenvalue weighted by Gasteiger charge is 2.36. The van der Waals surface area contributed by atoms with Crippen molar-refractivity contribution in [2.45, 2.75) is 91.1 Å². The van der Waals surface area contributed by atoms with E-state index >= 15 is 0 Å². The van der Waals surface area contributed by atoms with E-state index in [1.54, 1.807) is 0 Å². The number of aromatic nitrogens is 3. The minimum atomic E-state index is -0.602. The Morgan fingerprint density at radius 1 is 1.12 bits per heavy atom. The van der Waals surface area contributed by atoms with E-state index in [9.17, 15) is 14.4 Å². The zero-order chi connectivity index (χ0) is 28.6. The molecule has 1 fully saturated rings. The third-order valence-corrected chi connectivity index (χ3v) is 8.37. The smallest absolute Gasteiger partial charge is 0.407 e. The number of aryl methyl sites for hydroxylation is 1. The molecule has 0 saturated heterocycles. The monoisotopic (exact) mass is 549 g/mol. The van der Waals surface area contributed by atoms with Gasteiger partial charge in [-0.25, -0.2) is 9.36 Å². The van der Waals surface area contributed by atoms with Crippen LogP contribution in [0.15, 0.2) is 36.7 Å². The minimum absolute atomic E-state index is 0.0827. The molecule has 0 radical (unpaired) electrons. The second-order valence-electron chi connectivity index (χ2n) is 12.2. The number of ketones is 1. The maximum Gasteiger partial charge on any atom is 0.407 e. The SMILES string of the molecule is Cc1n(CC2CCc3c(c4ccccc4n3C)C2=O)cc[n+]1COC(=O)[C@@H]1CCCC[C@H]1NC(=O)OC(C)(C)C. The lowest BCUT2D eigenvalue weighted by atomic mass is 9.84. The van der Waals surface area contributed by atoms with Gasteiger partial charge in [0.05, 0.1) is 11.8 Å². The number of nitrogens with one attached hydrogen (secondary N) is 1. The van der Waals surface area contributed by atoms with Gasteiger partial charge in [-0.05, 0) is 52.5 Å². The second kappa shape index (κ2) is 11.1. The van der Waals surface area contributed by atoms with Crippen molar-refractivity contribution in [1.82, 2.24) is 14.5 Å². The topological polar surface area (TPSA) is 95.4 Å². The Labute approximate surface area is 235 Å². The molecule has 0 spiro atoms. The molecule has 3 atom stereocenters. The van der Waals surface area contributed by atoms with Crippen LogP contribution in [-0.4, -0.2) is 38.6 Å². The first-order valence-electron chi connectivity index (χ1n) is 14.4. The number of carbonyl (C=O) groups excluding carboxylic acids is 3. The van der Waals surface area contributed by atoms with Gasteiger partial charge in [0, 0.05) is 42.2 Å². The Morgan fingerprint density at radius 3 is 2.65 bits per heavy atom. The van der Waals surface area contributed by atoms with Crippen molar-refractivity contribution in [3.05, 3.63) is 53.7 Å². The Morgan fingerprint density at radius 2 is 1.88 bits per heavy atom. The number of para-hydroxylation sites is 1. The predicted molar refractivity (Wildman–Crippen MR) is 150 cm³/mol. The first-order valence-corrected chi connectivity index (χ1v) is 14.4. The molecule has 9 nitrogen and oxygen atoms in total. The summed E-state index contributed by atoms with van der Waals surface area (Å²) in [7, 11) is 2.04. The van der Waals surface area contributed by atoms with E-state index in [4.69, 9.17) is 9.47 Å². The molecule has 2 aromatic heterocycles. The second-order valence-corrected chi connectivity index (χ2v) is 12.2. The van der Waals surface area contributed by atoms with Gasteiger partial charge in [-0.3, -0.25) is 9.59 Å². The molecule has 1 saturated carbocycles. The van der Waals surface area contributed by atoms with E-state index in [0.29, 0.717) is 13.0 Å². The number of rotatable bonds is 6. The van der Waals surface area contributed by atoms with E-state index in [-0.39, 0.29) is 30.4 Å². The van der Waals surface area contributed by atoms with Crippen molar-refractivity contribution < 1.29 is 28.4 Å². The molecule has 2 aliphatic carbocycles. The number of imidazole rings is 1. The number of alkyl carbamates (subject to hydrolysis) is 1. The number of benzene rings is 1. The first kappa shape index (κ1) is 27.9. The number of amides is 1. The van der Waals surface area contributed by atoms with Gasteiger partial charge in [-0.2, -0.15) is 4.57 Å². The lowest BCUT2D eigenvalue weighted by Gasteiger charge is -2.31. The standard InChI is InChI=1S/C31H40N4O5/c1-20-34(18-21-14-15-26-27(28(21)36)23-11-7-9-13-25(23)33(26)5)16-17-35(20)19-39-29(37)22-10-6-8-12-24(22)32-30(38)40-31(2,3)4/h7,9,11,13,16-17,21-22,24H,6,8,10,12,14-15,18-19H2,1-5H3/p+1/t21?,22-,24-/m1/s1. The molecule has 9 heteroatoms. The average Bonchev–Trinajstić information content (AvgIpc) is 3.40.